The molecule has 1 atom stereocenters. The maximum Gasteiger partial charge on any atom is 0.254 e. The minimum absolute atomic E-state index is 0. The molecule has 0 saturated carbocycles. The van der Waals surface area contributed by atoms with Crippen molar-refractivity contribution in [1.82, 2.24) is 10.2 Å². The highest BCUT2D eigenvalue weighted by atomic mass is 35.5. The molecule has 1 aliphatic rings. The Morgan fingerprint density at radius 3 is 2.19 bits per heavy atom. The number of hydrogen-bond acceptors (Lipinski definition) is 5. The zero-order valence-electron chi connectivity index (χ0n) is 16.2. The first kappa shape index (κ1) is 22.4. The molecule has 2 rings (SSSR count). The molecular formula is C19H31ClN2O4. The van der Waals surface area contributed by atoms with Gasteiger partial charge in [0.25, 0.3) is 5.91 Å². The van der Waals surface area contributed by atoms with Crippen molar-refractivity contribution in [1.29, 1.82) is 0 Å². The van der Waals surface area contributed by atoms with Crippen molar-refractivity contribution in [3.05, 3.63) is 17.7 Å². The zero-order valence-corrected chi connectivity index (χ0v) is 17.0. The largest absolute Gasteiger partial charge is 0.490 e. The monoisotopic (exact) mass is 386 g/mol. The second kappa shape index (κ2) is 11.1. The fourth-order valence-corrected chi connectivity index (χ4v) is 3.23. The van der Waals surface area contributed by atoms with Crippen molar-refractivity contribution in [2.45, 2.75) is 39.7 Å². The lowest BCUT2D eigenvalue weighted by molar-refractivity contribution is 0.0736. The van der Waals surface area contributed by atoms with Crippen LogP contribution in [0.3, 0.4) is 0 Å². The number of likely N-dealkylation sites (tertiary alicyclic amines) is 1. The van der Waals surface area contributed by atoms with E-state index in [0.717, 1.165) is 25.9 Å². The zero-order chi connectivity index (χ0) is 18.2. The number of halogens is 1. The second-order valence-electron chi connectivity index (χ2n) is 5.95. The van der Waals surface area contributed by atoms with Gasteiger partial charge in [-0.1, -0.05) is 0 Å². The first-order valence-electron chi connectivity index (χ1n) is 9.18. The molecule has 1 unspecified atom stereocenters. The predicted molar refractivity (Wildman–Crippen MR) is 105 cm³/mol. The van der Waals surface area contributed by atoms with Crippen LogP contribution < -0.4 is 19.5 Å². The number of carbonyl (C=O) groups is 1. The first-order valence-corrected chi connectivity index (χ1v) is 9.18. The fraction of sp³-hybridized carbons (Fsp3) is 0.632. The number of rotatable bonds is 9. The van der Waals surface area contributed by atoms with E-state index < -0.39 is 0 Å². The summed E-state index contributed by atoms with van der Waals surface area (Å²) in [5.41, 5.74) is 0.582. The van der Waals surface area contributed by atoms with Crippen molar-refractivity contribution >= 4 is 18.3 Å². The van der Waals surface area contributed by atoms with Crippen LogP contribution in [0.5, 0.6) is 17.2 Å². The summed E-state index contributed by atoms with van der Waals surface area (Å²) in [6.45, 7) is 8.82. The van der Waals surface area contributed by atoms with Gasteiger partial charge in [0, 0.05) is 24.7 Å². The highest BCUT2D eigenvalue weighted by Crippen LogP contribution is 2.39. The van der Waals surface area contributed by atoms with Crippen molar-refractivity contribution in [2.75, 3.05) is 40.0 Å². The molecule has 1 aromatic rings. The molecule has 6 nitrogen and oxygen atoms in total. The number of hydrogen-bond donors (Lipinski definition) is 1. The molecule has 7 heteroatoms. The van der Waals surface area contributed by atoms with Crippen LogP contribution in [0.15, 0.2) is 12.1 Å². The van der Waals surface area contributed by atoms with Gasteiger partial charge < -0.3 is 24.4 Å². The number of carbonyl (C=O) groups excluding carboxylic acids is 1. The minimum atomic E-state index is 0. The second-order valence-corrected chi connectivity index (χ2v) is 5.95. The Hall–Kier alpha value is -1.66. The maximum absolute atomic E-state index is 13.1. The van der Waals surface area contributed by atoms with Crippen molar-refractivity contribution in [2.24, 2.45) is 0 Å². The number of nitrogens with zero attached hydrogens (tertiary/aromatic N) is 1. The molecule has 0 spiro atoms. The molecule has 0 radical (unpaired) electrons. The standard InChI is InChI=1S/C19H30N2O4.ClH/c1-5-23-16-11-14(12-17(24-6-2)18(16)25-7-3)19(22)21-10-8-9-15(21)13-20-4;/h11-12,15,20H,5-10,13H2,1-4H3;1H. The van der Waals surface area contributed by atoms with Crippen LogP contribution in [0.25, 0.3) is 0 Å². The van der Waals surface area contributed by atoms with Crippen LogP contribution in [0, 0.1) is 0 Å². The van der Waals surface area contributed by atoms with E-state index in [2.05, 4.69) is 5.32 Å². The van der Waals surface area contributed by atoms with Gasteiger partial charge in [-0.3, -0.25) is 4.79 Å². The van der Waals surface area contributed by atoms with E-state index in [4.69, 9.17) is 14.2 Å². The molecule has 26 heavy (non-hydrogen) atoms. The molecule has 0 aromatic heterocycles. The van der Waals surface area contributed by atoms with Crippen LogP contribution in [-0.2, 0) is 0 Å². The first-order chi connectivity index (χ1) is 12.2. The quantitative estimate of drug-likeness (QED) is 0.706. The van der Waals surface area contributed by atoms with Crippen LogP contribution in [0.1, 0.15) is 44.0 Å². The number of nitrogens with one attached hydrogen (secondary N) is 1. The highest BCUT2D eigenvalue weighted by Gasteiger charge is 2.30. The van der Waals surface area contributed by atoms with E-state index in [1.807, 2.05) is 32.7 Å². The molecule has 1 aromatic carbocycles. The van der Waals surface area contributed by atoms with Gasteiger partial charge in [0.2, 0.25) is 5.75 Å². The summed E-state index contributed by atoms with van der Waals surface area (Å²) in [6.07, 6.45) is 2.06. The molecular weight excluding hydrogens is 356 g/mol. The summed E-state index contributed by atoms with van der Waals surface area (Å²) in [4.78, 5) is 15.0. The summed E-state index contributed by atoms with van der Waals surface area (Å²) in [6, 6.07) is 3.78. The average Bonchev–Trinajstić information content (AvgIpc) is 3.06. The van der Waals surface area contributed by atoms with E-state index in [9.17, 15) is 4.79 Å². The normalized spacial score (nSPS) is 16.2. The van der Waals surface area contributed by atoms with Gasteiger partial charge in [0.1, 0.15) is 0 Å². The van der Waals surface area contributed by atoms with Gasteiger partial charge in [0.15, 0.2) is 11.5 Å². The van der Waals surface area contributed by atoms with E-state index in [-0.39, 0.29) is 24.4 Å². The summed E-state index contributed by atoms with van der Waals surface area (Å²) in [5.74, 6) is 1.70. The van der Waals surface area contributed by atoms with Crippen LogP contribution in [0.4, 0.5) is 0 Å². The Morgan fingerprint density at radius 1 is 1.12 bits per heavy atom. The van der Waals surface area contributed by atoms with Crippen LogP contribution in [-0.4, -0.2) is 56.8 Å². The van der Waals surface area contributed by atoms with Gasteiger partial charge in [-0.25, -0.2) is 0 Å². The molecule has 1 heterocycles. The topological polar surface area (TPSA) is 60.0 Å². The molecule has 1 N–H and O–H groups in total. The molecule has 1 saturated heterocycles. The number of benzene rings is 1. The Morgan fingerprint density at radius 2 is 1.69 bits per heavy atom. The maximum atomic E-state index is 13.1. The minimum Gasteiger partial charge on any atom is -0.490 e. The number of ether oxygens (including phenoxy) is 3. The number of amides is 1. The third kappa shape index (κ3) is 5.17. The molecule has 1 fully saturated rings. The summed E-state index contributed by atoms with van der Waals surface area (Å²) in [5, 5.41) is 3.17. The van der Waals surface area contributed by atoms with Crippen LogP contribution >= 0.6 is 12.4 Å². The van der Waals surface area contributed by atoms with Crippen molar-refractivity contribution in [3.8, 4) is 17.2 Å². The average molecular weight is 387 g/mol. The lowest BCUT2D eigenvalue weighted by atomic mass is 10.1. The molecule has 148 valence electrons. The van der Waals surface area contributed by atoms with Gasteiger partial charge in [-0.15, -0.1) is 12.4 Å². The SMILES string of the molecule is CCOc1cc(C(=O)N2CCCC2CNC)cc(OCC)c1OCC.Cl. The molecule has 0 bridgehead atoms. The Kier molecular flexibility index (Phi) is 9.59. The highest BCUT2D eigenvalue weighted by molar-refractivity contribution is 5.96. The van der Waals surface area contributed by atoms with E-state index in [1.165, 1.54) is 0 Å². The Labute approximate surface area is 162 Å². The number of likely N-dealkylation sites (N-methyl/N-ethyl adjacent to an activating group) is 1. The molecule has 1 amide bonds. The van der Waals surface area contributed by atoms with Gasteiger partial charge in [-0.2, -0.15) is 0 Å². The molecule has 0 aliphatic carbocycles. The van der Waals surface area contributed by atoms with Gasteiger partial charge in [0.05, 0.1) is 19.8 Å². The van der Waals surface area contributed by atoms with Crippen molar-refractivity contribution < 1.29 is 19.0 Å². The summed E-state index contributed by atoms with van der Waals surface area (Å²) < 4.78 is 17.1. The third-order valence-corrected chi connectivity index (χ3v) is 4.23. The third-order valence-electron chi connectivity index (χ3n) is 4.23. The lowest BCUT2D eigenvalue weighted by Gasteiger charge is -2.25. The van der Waals surface area contributed by atoms with E-state index in [1.54, 1.807) is 12.1 Å². The Balaban J connectivity index is 0.00000338. The summed E-state index contributed by atoms with van der Waals surface area (Å²) in [7, 11) is 1.91. The predicted octanol–water partition coefficient (Wildman–Crippen LogP) is 3.13. The fourth-order valence-electron chi connectivity index (χ4n) is 3.23. The lowest BCUT2D eigenvalue weighted by Crippen LogP contribution is -2.40. The smallest absolute Gasteiger partial charge is 0.254 e. The van der Waals surface area contributed by atoms with Crippen LogP contribution in [0.2, 0.25) is 0 Å². The van der Waals surface area contributed by atoms with Gasteiger partial charge in [-0.05, 0) is 52.8 Å². The summed E-state index contributed by atoms with van der Waals surface area (Å²) >= 11 is 0. The van der Waals surface area contributed by atoms with E-state index >= 15 is 0 Å². The molecule has 1 aliphatic heterocycles. The van der Waals surface area contributed by atoms with Gasteiger partial charge >= 0.3 is 0 Å². The van der Waals surface area contributed by atoms with Crippen molar-refractivity contribution in [3.63, 3.8) is 0 Å². The van der Waals surface area contributed by atoms with E-state index in [0.29, 0.717) is 42.6 Å². The Bertz CT molecular complexity index is 556.